The lowest BCUT2D eigenvalue weighted by molar-refractivity contribution is -0.140. The molecule has 0 fully saturated rings. The normalized spacial score (nSPS) is 9.81. The van der Waals surface area contributed by atoms with E-state index in [0.29, 0.717) is 12.8 Å². The number of thiophene rings is 1. The van der Waals surface area contributed by atoms with Gasteiger partial charge >= 0.3 is 5.97 Å². The molecule has 86 valence electrons. The topological polar surface area (TPSA) is 43.4 Å². The third-order valence-corrected chi connectivity index (χ3v) is 2.97. The van der Waals surface area contributed by atoms with E-state index in [4.69, 9.17) is 4.74 Å². The van der Waals surface area contributed by atoms with E-state index in [0.717, 1.165) is 4.88 Å². The van der Waals surface area contributed by atoms with Crippen molar-refractivity contribution in [1.29, 1.82) is 0 Å². The van der Waals surface area contributed by atoms with Gasteiger partial charge in [-0.3, -0.25) is 4.79 Å². The first-order valence-electron chi connectivity index (χ1n) is 5.06. The molecule has 0 radical (unpaired) electrons. The fourth-order valence-corrected chi connectivity index (χ4v) is 1.88. The second kappa shape index (κ2) is 6.23. The molecule has 4 heteroatoms. The van der Waals surface area contributed by atoms with E-state index < -0.39 is 5.97 Å². The van der Waals surface area contributed by atoms with E-state index in [1.165, 1.54) is 0 Å². The number of rotatable bonds is 6. The van der Waals surface area contributed by atoms with E-state index in [1.807, 2.05) is 17.5 Å². The molecular weight excluding hydrogens is 224 g/mol. The van der Waals surface area contributed by atoms with Crippen LogP contribution in [0, 0.1) is 0 Å². The smallest absolute Gasteiger partial charge is 0.341 e. The molecule has 0 aliphatic carbocycles. The lowest BCUT2D eigenvalue weighted by atomic mass is 10.1. The second-order valence-electron chi connectivity index (χ2n) is 3.20. The highest BCUT2D eigenvalue weighted by Crippen LogP contribution is 2.12. The van der Waals surface area contributed by atoms with Crippen LogP contribution in [-0.2, 0) is 20.7 Å². The Bertz CT molecular complexity index is 379. The molecule has 1 heterocycles. The molecule has 0 saturated carbocycles. The number of esters is 1. The fraction of sp³-hybridized carbons (Fsp3) is 0.333. The number of carbonyl (C=O) groups excluding carboxylic acids is 2. The molecule has 1 aromatic heterocycles. The Labute approximate surface area is 98.7 Å². The molecule has 3 nitrogen and oxygen atoms in total. The number of Topliss-reactive ketones (excluding diaryl/α,β-unsaturated/α-hetero) is 1. The Morgan fingerprint density at radius 3 is 2.81 bits per heavy atom. The third-order valence-electron chi connectivity index (χ3n) is 2.04. The van der Waals surface area contributed by atoms with E-state index in [1.54, 1.807) is 18.3 Å². The predicted octanol–water partition coefficient (Wildman–Crippen LogP) is 2.37. The molecule has 0 unspecified atom stereocenters. The summed E-state index contributed by atoms with van der Waals surface area (Å²) in [5.74, 6) is -0.856. The van der Waals surface area contributed by atoms with Gasteiger partial charge in [0.2, 0.25) is 0 Å². The molecule has 0 aromatic carbocycles. The molecule has 1 rings (SSSR count). The first kappa shape index (κ1) is 12.6. The van der Waals surface area contributed by atoms with Crippen LogP contribution in [0.25, 0.3) is 0 Å². The minimum absolute atomic E-state index is 0.0570. The molecular formula is C12H14O3S. The maximum Gasteiger partial charge on any atom is 0.341 e. The van der Waals surface area contributed by atoms with Crippen molar-refractivity contribution in [2.45, 2.75) is 19.8 Å². The van der Waals surface area contributed by atoms with Crippen LogP contribution in [0.1, 0.15) is 18.2 Å². The molecule has 0 saturated heterocycles. The Kier molecular flexibility index (Phi) is 4.92. The molecule has 0 spiro atoms. The van der Waals surface area contributed by atoms with Crippen molar-refractivity contribution in [3.8, 4) is 0 Å². The summed E-state index contributed by atoms with van der Waals surface area (Å²) in [7, 11) is 0. The molecule has 0 bridgehead atoms. The van der Waals surface area contributed by atoms with Crippen molar-refractivity contribution in [3.63, 3.8) is 0 Å². The zero-order valence-corrected chi connectivity index (χ0v) is 10.0. The molecule has 0 aliphatic rings. The van der Waals surface area contributed by atoms with Crippen LogP contribution < -0.4 is 0 Å². The van der Waals surface area contributed by atoms with Crippen molar-refractivity contribution in [2.24, 2.45) is 0 Å². The Morgan fingerprint density at radius 1 is 1.50 bits per heavy atom. The maximum absolute atomic E-state index is 11.6. The average Bonchev–Trinajstić information content (AvgIpc) is 2.78. The van der Waals surface area contributed by atoms with Crippen LogP contribution in [0.5, 0.6) is 0 Å². The van der Waals surface area contributed by atoms with E-state index in [2.05, 4.69) is 6.58 Å². The number of carbonyl (C=O) groups is 2. The molecule has 16 heavy (non-hydrogen) atoms. The summed E-state index contributed by atoms with van der Waals surface area (Å²) in [5.41, 5.74) is -0.0570. The highest BCUT2D eigenvalue weighted by Gasteiger charge is 2.16. The van der Waals surface area contributed by atoms with Crippen LogP contribution in [-0.4, -0.2) is 18.4 Å². The summed E-state index contributed by atoms with van der Waals surface area (Å²) in [6, 6.07) is 3.90. The number of hydrogen-bond donors (Lipinski definition) is 0. The molecule has 0 atom stereocenters. The number of hydrogen-bond acceptors (Lipinski definition) is 4. The second-order valence-corrected chi connectivity index (χ2v) is 4.23. The lowest BCUT2D eigenvalue weighted by Gasteiger charge is -2.03. The number of aryl methyl sites for hydroxylation is 1. The van der Waals surface area contributed by atoms with Crippen molar-refractivity contribution < 1.29 is 14.3 Å². The molecule has 1 aromatic rings. The van der Waals surface area contributed by atoms with Crippen LogP contribution in [0.2, 0.25) is 0 Å². The summed E-state index contributed by atoms with van der Waals surface area (Å²) >= 11 is 1.60. The summed E-state index contributed by atoms with van der Waals surface area (Å²) in [4.78, 5) is 23.9. The highest BCUT2D eigenvalue weighted by atomic mass is 32.1. The SMILES string of the molecule is C=C(C(=O)CCc1cccs1)C(=O)OCC. The molecule has 0 aliphatic heterocycles. The highest BCUT2D eigenvalue weighted by molar-refractivity contribution is 7.09. The number of ether oxygens (including phenoxy) is 1. The summed E-state index contributed by atoms with van der Waals surface area (Å²) in [6.07, 6.45) is 0.951. The van der Waals surface area contributed by atoms with E-state index >= 15 is 0 Å². The van der Waals surface area contributed by atoms with Gasteiger partial charge in [-0.15, -0.1) is 11.3 Å². The Morgan fingerprint density at radius 2 is 2.25 bits per heavy atom. The Balaban J connectivity index is 2.40. The quantitative estimate of drug-likeness (QED) is 0.331. The average molecular weight is 238 g/mol. The summed E-state index contributed by atoms with van der Waals surface area (Å²) < 4.78 is 4.71. The first-order valence-corrected chi connectivity index (χ1v) is 5.94. The van der Waals surface area contributed by atoms with Gasteiger partial charge in [0.05, 0.1) is 12.2 Å². The minimum atomic E-state index is -0.612. The van der Waals surface area contributed by atoms with Crippen molar-refractivity contribution >= 4 is 23.1 Å². The zero-order chi connectivity index (χ0) is 12.0. The lowest BCUT2D eigenvalue weighted by Crippen LogP contribution is -2.15. The minimum Gasteiger partial charge on any atom is -0.462 e. The Hall–Kier alpha value is -1.42. The van der Waals surface area contributed by atoms with Crippen LogP contribution in [0.3, 0.4) is 0 Å². The van der Waals surface area contributed by atoms with Crippen molar-refractivity contribution in [1.82, 2.24) is 0 Å². The summed E-state index contributed by atoms with van der Waals surface area (Å²) in [6.45, 7) is 5.41. The number of ketones is 1. The van der Waals surface area contributed by atoms with Crippen LogP contribution in [0.4, 0.5) is 0 Å². The molecule has 0 N–H and O–H groups in total. The first-order chi connectivity index (χ1) is 7.65. The predicted molar refractivity (Wildman–Crippen MR) is 63.4 cm³/mol. The van der Waals surface area contributed by atoms with Gasteiger partial charge in [-0.2, -0.15) is 0 Å². The van der Waals surface area contributed by atoms with Crippen LogP contribution >= 0.6 is 11.3 Å². The van der Waals surface area contributed by atoms with Crippen molar-refractivity contribution in [3.05, 3.63) is 34.5 Å². The van der Waals surface area contributed by atoms with E-state index in [9.17, 15) is 9.59 Å². The summed E-state index contributed by atoms with van der Waals surface area (Å²) in [5, 5.41) is 1.96. The van der Waals surface area contributed by atoms with E-state index in [-0.39, 0.29) is 18.0 Å². The zero-order valence-electron chi connectivity index (χ0n) is 9.19. The van der Waals surface area contributed by atoms with Crippen LogP contribution in [0.15, 0.2) is 29.7 Å². The van der Waals surface area contributed by atoms with Gasteiger partial charge in [-0.1, -0.05) is 12.6 Å². The largest absolute Gasteiger partial charge is 0.462 e. The van der Waals surface area contributed by atoms with Gasteiger partial charge in [0.1, 0.15) is 0 Å². The van der Waals surface area contributed by atoms with Gasteiger partial charge in [-0.25, -0.2) is 4.79 Å². The standard InChI is InChI=1S/C12H14O3S/c1-3-15-12(14)9(2)11(13)7-6-10-5-4-8-16-10/h4-5,8H,2-3,6-7H2,1H3. The molecule has 0 amide bonds. The van der Waals surface area contributed by atoms with Crippen molar-refractivity contribution in [2.75, 3.05) is 6.61 Å². The van der Waals surface area contributed by atoms with Gasteiger partial charge in [0.15, 0.2) is 5.78 Å². The van der Waals surface area contributed by atoms with Gasteiger partial charge in [0, 0.05) is 11.3 Å². The third kappa shape index (κ3) is 3.62. The van der Waals surface area contributed by atoms with Gasteiger partial charge in [-0.05, 0) is 24.8 Å². The van der Waals surface area contributed by atoms with Gasteiger partial charge < -0.3 is 4.74 Å². The maximum atomic E-state index is 11.6. The fourth-order valence-electron chi connectivity index (χ4n) is 1.17. The van der Waals surface area contributed by atoms with Gasteiger partial charge in [0.25, 0.3) is 0 Å². The monoisotopic (exact) mass is 238 g/mol.